The number of carbonyl (C=O) groups is 1. The van der Waals surface area contributed by atoms with Crippen molar-refractivity contribution >= 4 is 5.97 Å². The second-order valence-electron chi connectivity index (χ2n) is 5.53. The Morgan fingerprint density at radius 1 is 1.08 bits per heavy atom. The quantitative estimate of drug-likeness (QED) is 0.426. The maximum atomic E-state index is 13.5. The van der Waals surface area contributed by atoms with Gasteiger partial charge in [-0.15, -0.1) is 0 Å². The van der Waals surface area contributed by atoms with E-state index in [9.17, 15) is 26.7 Å². The normalized spacial score (nSPS) is 30.0. The zero-order valence-electron chi connectivity index (χ0n) is 12.7. The van der Waals surface area contributed by atoms with Gasteiger partial charge in [-0.25, -0.2) is 22.4 Å². The van der Waals surface area contributed by atoms with Crippen LogP contribution < -0.4 is 0 Å². The van der Waals surface area contributed by atoms with Crippen LogP contribution in [0.15, 0.2) is 35.4 Å². The van der Waals surface area contributed by atoms with Gasteiger partial charge in [-0.05, 0) is 19.3 Å². The molecule has 8 heteroatoms. The van der Waals surface area contributed by atoms with Crippen molar-refractivity contribution in [3.05, 3.63) is 35.4 Å². The van der Waals surface area contributed by atoms with Crippen molar-refractivity contribution in [2.75, 3.05) is 6.61 Å². The molecule has 0 spiro atoms. The first kappa shape index (κ1) is 18.6. The Balaban J connectivity index is 1.95. The number of hydrogen-bond acceptors (Lipinski definition) is 3. The molecule has 0 bridgehead atoms. The lowest BCUT2D eigenvalue weighted by Crippen LogP contribution is -2.27. The maximum Gasteiger partial charge on any atom is 0.337 e. The fourth-order valence-corrected chi connectivity index (χ4v) is 2.40. The Bertz CT molecular complexity index is 570. The lowest BCUT2D eigenvalue weighted by atomic mass is 10.0. The molecular formula is C16H17F5O3. The van der Waals surface area contributed by atoms with E-state index >= 15 is 0 Å². The first-order valence-corrected chi connectivity index (χ1v) is 7.64. The summed E-state index contributed by atoms with van der Waals surface area (Å²) in [5.41, 5.74) is 0. The van der Waals surface area contributed by atoms with Crippen LogP contribution in [0.3, 0.4) is 0 Å². The standard InChI is InChI=1S/C16H17F5O3/c17-11-12(18)14(20)16(15(21)13(11)19)24-10(22)8-23-9-6-4-2-1-3-5-7-9/h4,6,9,11-12H,1-3,5,7-8H2/b6-4-. The Hall–Kier alpha value is -1.70. The van der Waals surface area contributed by atoms with Gasteiger partial charge in [-0.1, -0.05) is 25.0 Å². The minimum Gasteiger partial charge on any atom is -0.419 e. The summed E-state index contributed by atoms with van der Waals surface area (Å²) in [5, 5.41) is 0. The molecule has 0 radical (unpaired) electrons. The molecule has 3 nitrogen and oxygen atoms in total. The number of esters is 1. The molecule has 2 rings (SSSR count). The molecule has 24 heavy (non-hydrogen) atoms. The third-order valence-corrected chi connectivity index (χ3v) is 3.71. The molecule has 0 saturated heterocycles. The molecule has 134 valence electrons. The van der Waals surface area contributed by atoms with Crippen LogP contribution in [0.2, 0.25) is 0 Å². The molecule has 0 aliphatic heterocycles. The minimum absolute atomic E-state index is 0.357. The summed E-state index contributed by atoms with van der Waals surface area (Å²) in [6.45, 7) is -0.656. The number of rotatable bonds is 4. The topological polar surface area (TPSA) is 35.5 Å². The minimum atomic E-state index is -3.09. The first-order valence-electron chi connectivity index (χ1n) is 7.64. The molecule has 0 fully saturated rings. The summed E-state index contributed by atoms with van der Waals surface area (Å²) in [4.78, 5) is 11.6. The molecule has 0 aromatic carbocycles. The predicted octanol–water partition coefficient (Wildman–Crippen LogP) is 4.46. The summed E-state index contributed by atoms with van der Waals surface area (Å²) in [6, 6.07) is 0. The van der Waals surface area contributed by atoms with Crippen molar-refractivity contribution in [3.63, 3.8) is 0 Å². The Morgan fingerprint density at radius 2 is 1.79 bits per heavy atom. The summed E-state index contributed by atoms with van der Waals surface area (Å²) in [5.74, 6) is -9.01. The van der Waals surface area contributed by atoms with E-state index < -0.39 is 48.2 Å². The average Bonchev–Trinajstić information content (AvgIpc) is 2.54. The molecule has 0 heterocycles. The van der Waals surface area contributed by atoms with E-state index in [1.807, 2.05) is 6.08 Å². The zero-order valence-corrected chi connectivity index (χ0v) is 12.7. The molecule has 3 unspecified atom stereocenters. The predicted molar refractivity (Wildman–Crippen MR) is 75.2 cm³/mol. The Morgan fingerprint density at radius 3 is 2.54 bits per heavy atom. The van der Waals surface area contributed by atoms with Gasteiger partial charge >= 0.3 is 5.97 Å². The van der Waals surface area contributed by atoms with Gasteiger partial charge in [-0.3, -0.25) is 0 Å². The van der Waals surface area contributed by atoms with Gasteiger partial charge in [0.2, 0.25) is 11.6 Å². The third-order valence-electron chi connectivity index (χ3n) is 3.71. The van der Waals surface area contributed by atoms with Crippen LogP contribution in [0.4, 0.5) is 22.0 Å². The van der Waals surface area contributed by atoms with Gasteiger partial charge in [0.1, 0.15) is 6.61 Å². The number of allylic oxidation sites excluding steroid dienone is 4. The van der Waals surface area contributed by atoms with Crippen molar-refractivity contribution in [2.45, 2.75) is 50.6 Å². The average molecular weight is 352 g/mol. The van der Waals surface area contributed by atoms with Crippen molar-refractivity contribution in [2.24, 2.45) is 0 Å². The van der Waals surface area contributed by atoms with Crippen LogP contribution in [0.5, 0.6) is 0 Å². The lowest BCUT2D eigenvalue weighted by Gasteiger charge is -2.20. The molecule has 0 N–H and O–H groups in total. The van der Waals surface area contributed by atoms with Crippen molar-refractivity contribution in [3.8, 4) is 0 Å². The zero-order chi connectivity index (χ0) is 17.7. The van der Waals surface area contributed by atoms with Gasteiger partial charge in [0.25, 0.3) is 0 Å². The summed E-state index contributed by atoms with van der Waals surface area (Å²) >= 11 is 0. The number of alkyl halides is 2. The number of halogens is 5. The third kappa shape index (κ3) is 4.43. The highest BCUT2D eigenvalue weighted by molar-refractivity contribution is 5.72. The van der Waals surface area contributed by atoms with Crippen LogP contribution in [-0.4, -0.2) is 31.0 Å². The monoisotopic (exact) mass is 352 g/mol. The number of carbonyl (C=O) groups excluding carboxylic acids is 1. The Kier molecular flexibility index (Phi) is 6.53. The Labute approximate surface area is 135 Å². The molecule has 2 aliphatic carbocycles. The highest BCUT2D eigenvalue weighted by Gasteiger charge is 2.42. The molecule has 0 amide bonds. The first-order chi connectivity index (χ1) is 11.4. The van der Waals surface area contributed by atoms with Gasteiger partial charge < -0.3 is 9.47 Å². The molecule has 0 aromatic rings. The summed E-state index contributed by atoms with van der Waals surface area (Å²) < 4.78 is 75.7. The van der Waals surface area contributed by atoms with Crippen LogP contribution in [0.1, 0.15) is 32.1 Å². The van der Waals surface area contributed by atoms with Crippen LogP contribution in [-0.2, 0) is 14.3 Å². The molecular weight excluding hydrogens is 335 g/mol. The van der Waals surface area contributed by atoms with Gasteiger partial charge in [-0.2, -0.15) is 4.39 Å². The summed E-state index contributed by atoms with van der Waals surface area (Å²) in [7, 11) is 0. The number of ether oxygens (including phenoxy) is 2. The van der Waals surface area contributed by atoms with E-state index in [4.69, 9.17) is 4.74 Å². The van der Waals surface area contributed by atoms with Crippen molar-refractivity contribution in [1.82, 2.24) is 0 Å². The largest absolute Gasteiger partial charge is 0.419 e. The van der Waals surface area contributed by atoms with E-state index in [-0.39, 0.29) is 6.10 Å². The van der Waals surface area contributed by atoms with Crippen LogP contribution in [0, 0.1) is 0 Å². The van der Waals surface area contributed by atoms with Crippen LogP contribution >= 0.6 is 0 Å². The van der Waals surface area contributed by atoms with Crippen LogP contribution in [0.25, 0.3) is 0 Å². The highest BCUT2D eigenvalue weighted by Crippen LogP contribution is 2.37. The fourth-order valence-electron chi connectivity index (χ4n) is 2.40. The van der Waals surface area contributed by atoms with E-state index in [2.05, 4.69) is 4.74 Å². The van der Waals surface area contributed by atoms with Crippen molar-refractivity contribution in [1.29, 1.82) is 0 Å². The van der Waals surface area contributed by atoms with E-state index in [1.54, 1.807) is 6.08 Å². The second kappa shape index (κ2) is 8.41. The second-order valence-corrected chi connectivity index (χ2v) is 5.53. The number of hydrogen-bond donors (Lipinski definition) is 0. The SMILES string of the molecule is O=C(COC1/C=C\CCCCC1)OC1=C(F)C(F)C(F)C(F)=C1F. The van der Waals surface area contributed by atoms with Gasteiger partial charge in [0, 0.05) is 0 Å². The highest BCUT2D eigenvalue weighted by atomic mass is 19.2. The molecule has 2 aliphatic rings. The summed E-state index contributed by atoms with van der Waals surface area (Å²) in [6.07, 6.45) is 1.71. The maximum absolute atomic E-state index is 13.5. The molecule has 0 saturated carbocycles. The molecule has 0 aromatic heterocycles. The van der Waals surface area contributed by atoms with E-state index in [0.717, 1.165) is 25.7 Å². The smallest absolute Gasteiger partial charge is 0.337 e. The lowest BCUT2D eigenvalue weighted by molar-refractivity contribution is -0.146. The molecule has 3 atom stereocenters. The van der Waals surface area contributed by atoms with Gasteiger partial charge in [0.15, 0.2) is 24.0 Å². The van der Waals surface area contributed by atoms with Crippen molar-refractivity contribution < 1.29 is 36.2 Å². The van der Waals surface area contributed by atoms with Gasteiger partial charge in [0.05, 0.1) is 6.10 Å². The van der Waals surface area contributed by atoms with E-state index in [0.29, 0.717) is 6.42 Å². The van der Waals surface area contributed by atoms with E-state index in [1.165, 1.54) is 0 Å². The fraction of sp³-hybridized carbons (Fsp3) is 0.562.